The van der Waals surface area contributed by atoms with E-state index >= 15 is 0 Å². The quantitative estimate of drug-likeness (QED) is 0.698. The summed E-state index contributed by atoms with van der Waals surface area (Å²) in [6, 6.07) is -0.0170. The van der Waals surface area contributed by atoms with E-state index in [-0.39, 0.29) is 23.9 Å². The summed E-state index contributed by atoms with van der Waals surface area (Å²) in [6.45, 7) is 4.59. The second-order valence-electron chi connectivity index (χ2n) is 4.49. The molecule has 0 aromatic carbocycles. The molecule has 5 heteroatoms. The molecule has 0 aromatic rings. The Morgan fingerprint density at radius 1 is 1.53 bits per heavy atom. The second kappa shape index (κ2) is 7.01. The molecular weight excluding hydrogens is 236 g/mol. The van der Waals surface area contributed by atoms with Gasteiger partial charge in [-0.1, -0.05) is 6.92 Å². The van der Waals surface area contributed by atoms with Crippen LogP contribution in [0.2, 0.25) is 0 Å². The normalized spacial score (nSPS) is 22.3. The van der Waals surface area contributed by atoms with Gasteiger partial charge in [-0.2, -0.15) is 11.8 Å². The van der Waals surface area contributed by atoms with Gasteiger partial charge in [0.1, 0.15) is 0 Å². The van der Waals surface area contributed by atoms with Gasteiger partial charge in [-0.05, 0) is 31.8 Å². The van der Waals surface area contributed by atoms with Crippen LogP contribution in [0.15, 0.2) is 0 Å². The van der Waals surface area contributed by atoms with Crippen LogP contribution in [0.3, 0.4) is 0 Å². The van der Waals surface area contributed by atoms with Gasteiger partial charge in [0, 0.05) is 12.6 Å². The average Bonchev–Trinajstić information content (AvgIpc) is 2.55. The minimum absolute atomic E-state index is 0.0357. The van der Waals surface area contributed by atoms with E-state index in [4.69, 9.17) is 0 Å². The van der Waals surface area contributed by atoms with E-state index in [1.165, 1.54) is 4.90 Å². The van der Waals surface area contributed by atoms with E-state index < -0.39 is 0 Å². The molecule has 0 bridgehead atoms. The first-order chi connectivity index (χ1) is 8.10. The molecule has 0 radical (unpaired) electrons. The number of rotatable bonds is 7. The van der Waals surface area contributed by atoms with Gasteiger partial charge in [-0.3, -0.25) is 14.5 Å². The monoisotopic (exact) mass is 258 g/mol. The van der Waals surface area contributed by atoms with Crippen LogP contribution in [0.25, 0.3) is 0 Å². The summed E-state index contributed by atoms with van der Waals surface area (Å²) in [7, 11) is 0. The van der Waals surface area contributed by atoms with Crippen molar-refractivity contribution in [2.75, 3.05) is 18.6 Å². The molecule has 1 aliphatic rings. The van der Waals surface area contributed by atoms with Crippen LogP contribution in [0.4, 0.5) is 0 Å². The summed E-state index contributed by atoms with van der Waals surface area (Å²) in [5.74, 6) is 0.987. The Balaban J connectivity index is 2.45. The third-order valence-corrected chi connectivity index (χ3v) is 3.58. The number of hydrogen-bond acceptors (Lipinski definition) is 4. The van der Waals surface area contributed by atoms with Gasteiger partial charge >= 0.3 is 0 Å². The Labute approximate surface area is 108 Å². The Morgan fingerprint density at radius 3 is 2.82 bits per heavy atom. The largest absolute Gasteiger partial charge is 0.303 e. The molecule has 0 saturated carbocycles. The Bertz CT molecular complexity index is 284. The van der Waals surface area contributed by atoms with Crippen molar-refractivity contribution in [3.8, 4) is 0 Å². The zero-order chi connectivity index (χ0) is 12.8. The highest BCUT2D eigenvalue weighted by molar-refractivity contribution is 7.98. The average molecular weight is 258 g/mol. The van der Waals surface area contributed by atoms with Gasteiger partial charge in [-0.15, -0.1) is 0 Å². The lowest BCUT2D eigenvalue weighted by molar-refractivity contribution is -0.138. The molecule has 2 unspecified atom stereocenters. The highest BCUT2D eigenvalue weighted by Gasteiger charge is 2.38. The van der Waals surface area contributed by atoms with Gasteiger partial charge in [0.05, 0.1) is 12.5 Å². The topological polar surface area (TPSA) is 49.4 Å². The third-order valence-electron chi connectivity index (χ3n) is 2.93. The lowest BCUT2D eigenvalue weighted by Gasteiger charge is -2.18. The summed E-state index contributed by atoms with van der Waals surface area (Å²) in [4.78, 5) is 25.0. The fraction of sp³-hybridized carbons (Fsp3) is 0.833. The summed E-state index contributed by atoms with van der Waals surface area (Å²) in [6.07, 6.45) is 4.24. The molecule has 2 atom stereocenters. The third kappa shape index (κ3) is 4.00. The summed E-state index contributed by atoms with van der Waals surface area (Å²) < 4.78 is 0. The van der Waals surface area contributed by atoms with Crippen LogP contribution < -0.4 is 5.32 Å². The maximum absolute atomic E-state index is 12.0. The van der Waals surface area contributed by atoms with Crippen molar-refractivity contribution in [1.29, 1.82) is 0 Å². The van der Waals surface area contributed by atoms with Gasteiger partial charge in [-0.25, -0.2) is 0 Å². The standard InChI is InChI=1S/C12H22N2O2S/c1-4-6-14-11(15)8-10(12(14)16)13-9(2)5-7-17-3/h9-10,13H,4-8H2,1-3H3. The fourth-order valence-electron chi connectivity index (χ4n) is 1.99. The summed E-state index contributed by atoms with van der Waals surface area (Å²) in [5, 5.41) is 3.26. The van der Waals surface area contributed by atoms with E-state index in [0.717, 1.165) is 18.6 Å². The molecule has 0 aliphatic carbocycles. The molecular formula is C12H22N2O2S. The summed E-state index contributed by atoms with van der Waals surface area (Å²) >= 11 is 1.80. The maximum atomic E-state index is 12.0. The zero-order valence-electron chi connectivity index (χ0n) is 10.9. The Kier molecular flexibility index (Phi) is 5.98. The molecule has 17 heavy (non-hydrogen) atoms. The van der Waals surface area contributed by atoms with E-state index in [9.17, 15) is 9.59 Å². The number of thioether (sulfide) groups is 1. The van der Waals surface area contributed by atoms with E-state index in [1.807, 2.05) is 6.92 Å². The van der Waals surface area contributed by atoms with Crippen molar-refractivity contribution in [2.24, 2.45) is 0 Å². The van der Waals surface area contributed by atoms with Crippen LogP contribution in [-0.4, -0.2) is 47.4 Å². The van der Waals surface area contributed by atoms with Gasteiger partial charge in [0.2, 0.25) is 11.8 Å². The van der Waals surface area contributed by atoms with Crippen LogP contribution in [0.5, 0.6) is 0 Å². The number of nitrogens with zero attached hydrogens (tertiary/aromatic N) is 1. The molecule has 0 aromatic heterocycles. The van der Waals surface area contributed by atoms with Gasteiger partial charge in [0.15, 0.2) is 0 Å². The molecule has 1 rings (SSSR count). The van der Waals surface area contributed by atoms with Crippen molar-refractivity contribution in [2.45, 2.75) is 45.2 Å². The smallest absolute Gasteiger partial charge is 0.246 e. The Hall–Kier alpha value is -0.550. The Morgan fingerprint density at radius 2 is 2.24 bits per heavy atom. The van der Waals surface area contributed by atoms with Crippen LogP contribution in [0, 0.1) is 0 Å². The molecule has 1 saturated heterocycles. The lowest BCUT2D eigenvalue weighted by Crippen LogP contribution is -2.43. The van der Waals surface area contributed by atoms with Crippen LogP contribution in [-0.2, 0) is 9.59 Å². The molecule has 98 valence electrons. The van der Waals surface area contributed by atoms with Gasteiger partial charge < -0.3 is 5.32 Å². The number of nitrogens with one attached hydrogen (secondary N) is 1. The number of carbonyl (C=O) groups excluding carboxylic acids is 2. The van der Waals surface area contributed by atoms with Crippen LogP contribution in [0.1, 0.15) is 33.1 Å². The minimum atomic E-state index is -0.300. The maximum Gasteiger partial charge on any atom is 0.246 e. The van der Waals surface area contributed by atoms with E-state index in [2.05, 4.69) is 18.5 Å². The molecule has 0 spiro atoms. The van der Waals surface area contributed by atoms with Crippen LogP contribution >= 0.6 is 11.8 Å². The highest BCUT2D eigenvalue weighted by atomic mass is 32.2. The number of amides is 2. The first-order valence-electron chi connectivity index (χ1n) is 6.19. The van der Waals surface area contributed by atoms with E-state index in [1.54, 1.807) is 11.8 Å². The SMILES string of the molecule is CCCN1C(=O)CC(NC(C)CCSC)C1=O. The van der Waals surface area contributed by atoms with Crippen molar-refractivity contribution in [3.05, 3.63) is 0 Å². The first kappa shape index (κ1) is 14.5. The summed E-state index contributed by atoms with van der Waals surface area (Å²) in [5.41, 5.74) is 0. The van der Waals surface area contributed by atoms with Gasteiger partial charge in [0.25, 0.3) is 0 Å². The van der Waals surface area contributed by atoms with E-state index in [0.29, 0.717) is 13.0 Å². The van der Waals surface area contributed by atoms with Crippen molar-refractivity contribution in [1.82, 2.24) is 10.2 Å². The molecule has 2 amide bonds. The molecule has 1 fully saturated rings. The van der Waals surface area contributed by atoms with Crippen molar-refractivity contribution >= 4 is 23.6 Å². The minimum Gasteiger partial charge on any atom is -0.303 e. The number of carbonyl (C=O) groups is 2. The molecule has 1 heterocycles. The fourth-order valence-corrected chi connectivity index (χ4v) is 2.58. The number of likely N-dealkylation sites (tertiary alicyclic amines) is 1. The predicted octanol–water partition coefficient (Wildman–Crippen LogP) is 1.26. The zero-order valence-corrected chi connectivity index (χ0v) is 11.7. The number of hydrogen-bond donors (Lipinski definition) is 1. The second-order valence-corrected chi connectivity index (χ2v) is 5.48. The highest BCUT2D eigenvalue weighted by Crippen LogP contribution is 2.14. The molecule has 1 N–H and O–H groups in total. The van der Waals surface area contributed by atoms with Crippen molar-refractivity contribution in [3.63, 3.8) is 0 Å². The van der Waals surface area contributed by atoms with Crippen molar-refractivity contribution < 1.29 is 9.59 Å². The predicted molar refractivity (Wildman–Crippen MR) is 71.0 cm³/mol. The number of imide groups is 1. The molecule has 4 nitrogen and oxygen atoms in total. The lowest BCUT2D eigenvalue weighted by atomic mass is 10.2. The first-order valence-corrected chi connectivity index (χ1v) is 7.58. The molecule has 1 aliphatic heterocycles.